The fraction of sp³-hybridized carbons (Fsp3) is 0.364. The van der Waals surface area contributed by atoms with Gasteiger partial charge in [-0.05, 0) is 45.9 Å². The molecule has 1 atom stereocenters. The van der Waals surface area contributed by atoms with Crippen molar-refractivity contribution >= 4 is 28.8 Å². The van der Waals surface area contributed by atoms with E-state index in [1.807, 2.05) is 33.8 Å². The lowest BCUT2D eigenvalue weighted by Gasteiger charge is -2.23. The molecule has 2 aromatic heterocycles. The standard InChI is InChI=1S/C22H25ClN4O3S/c1-13-9-25-18(10-24-13)14(2)27-20(28)15-6-16(21-26-11-19(23)31-21)8-17(7-15)30-12-22(3,4)29-5/h6-11,14H,12H2,1-5H3,(H,27,28). The molecule has 3 aromatic rings. The first-order chi connectivity index (χ1) is 14.7. The number of hydrogen-bond acceptors (Lipinski definition) is 7. The summed E-state index contributed by atoms with van der Waals surface area (Å²) < 4.78 is 11.9. The molecular weight excluding hydrogens is 436 g/mol. The Morgan fingerprint density at radius 3 is 2.58 bits per heavy atom. The molecule has 1 unspecified atom stereocenters. The summed E-state index contributed by atoms with van der Waals surface area (Å²) in [5.74, 6) is 0.289. The molecule has 9 heteroatoms. The number of carbonyl (C=O) groups excluding carboxylic acids is 1. The van der Waals surface area contributed by atoms with Crippen LogP contribution in [0.25, 0.3) is 10.6 Å². The summed E-state index contributed by atoms with van der Waals surface area (Å²) in [6, 6.07) is 5.00. The van der Waals surface area contributed by atoms with E-state index in [-0.39, 0.29) is 11.9 Å². The van der Waals surface area contributed by atoms with Crippen LogP contribution in [-0.4, -0.2) is 40.2 Å². The van der Waals surface area contributed by atoms with Gasteiger partial charge in [-0.1, -0.05) is 11.6 Å². The Hall–Kier alpha value is -2.55. The summed E-state index contributed by atoms with van der Waals surface area (Å²) in [6.07, 6.45) is 4.92. The van der Waals surface area contributed by atoms with E-state index >= 15 is 0 Å². The zero-order valence-corrected chi connectivity index (χ0v) is 19.7. The first-order valence-corrected chi connectivity index (χ1v) is 10.9. The van der Waals surface area contributed by atoms with E-state index in [4.69, 9.17) is 21.1 Å². The fourth-order valence-electron chi connectivity index (χ4n) is 2.62. The van der Waals surface area contributed by atoms with Crippen LogP contribution in [-0.2, 0) is 4.74 Å². The summed E-state index contributed by atoms with van der Waals surface area (Å²) in [6.45, 7) is 7.90. The minimum Gasteiger partial charge on any atom is -0.491 e. The van der Waals surface area contributed by atoms with E-state index in [9.17, 15) is 4.79 Å². The number of aryl methyl sites for hydroxylation is 1. The molecule has 7 nitrogen and oxygen atoms in total. The Balaban J connectivity index is 1.87. The summed E-state index contributed by atoms with van der Waals surface area (Å²) in [4.78, 5) is 25.9. The highest BCUT2D eigenvalue weighted by Gasteiger charge is 2.20. The normalized spacial score (nSPS) is 12.5. The van der Waals surface area contributed by atoms with Gasteiger partial charge in [0, 0.05) is 24.4 Å². The summed E-state index contributed by atoms with van der Waals surface area (Å²) in [5, 5.41) is 3.66. The molecule has 3 rings (SSSR count). The molecule has 0 spiro atoms. The third kappa shape index (κ3) is 6.22. The maximum absolute atomic E-state index is 13.0. The largest absolute Gasteiger partial charge is 0.491 e. The highest BCUT2D eigenvalue weighted by molar-refractivity contribution is 7.18. The number of amides is 1. The van der Waals surface area contributed by atoms with Crippen molar-refractivity contribution < 1.29 is 14.3 Å². The van der Waals surface area contributed by atoms with Crippen molar-refractivity contribution in [2.45, 2.75) is 39.3 Å². The van der Waals surface area contributed by atoms with Gasteiger partial charge in [-0.2, -0.15) is 0 Å². The predicted molar refractivity (Wildman–Crippen MR) is 122 cm³/mol. The van der Waals surface area contributed by atoms with Crippen LogP contribution in [0.4, 0.5) is 0 Å². The molecule has 1 N–H and O–H groups in total. The number of rotatable bonds is 8. The quantitative estimate of drug-likeness (QED) is 0.516. The molecule has 0 bridgehead atoms. The van der Waals surface area contributed by atoms with Crippen molar-refractivity contribution in [1.29, 1.82) is 0 Å². The maximum atomic E-state index is 13.0. The first-order valence-electron chi connectivity index (χ1n) is 9.71. The zero-order valence-electron chi connectivity index (χ0n) is 18.1. The van der Waals surface area contributed by atoms with Gasteiger partial charge < -0.3 is 14.8 Å². The van der Waals surface area contributed by atoms with Crippen molar-refractivity contribution in [3.63, 3.8) is 0 Å². The highest BCUT2D eigenvalue weighted by Crippen LogP contribution is 2.32. The summed E-state index contributed by atoms with van der Waals surface area (Å²) >= 11 is 7.39. The van der Waals surface area contributed by atoms with Gasteiger partial charge in [0.25, 0.3) is 5.91 Å². The lowest BCUT2D eigenvalue weighted by Crippen LogP contribution is -2.31. The molecule has 0 saturated carbocycles. The Morgan fingerprint density at radius 2 is 1.97 bits per heavy atom. The molecule has 2 heterocycles. The van der Waals surface area contributed by atoms with E-state index in [1.54, 1.807) is 37.8 Å². The van der Waals surface area contributed by atoms with Gasteiger partial charge in [0.05, 0.1) is 35.4 Å². The van der Waals surface area contributed by atoms with Crippen LogP contribution >= 0.6 is 22.9 Å². The van der Waals surface area contributed by atoms with Gasteiger partial charge in [0.2, 0.25) is 0 Å². The topological polar surface area (TPSA) is 86.2 Å². The average Bonchev–Trinajstić information content (AvgIpc) is 3.19. The van der Waals surface area contributed by atoms with Crippen LogP contribution in [0.15, 0.2) is 36.8 Å². The van der Waals surface area contributed by atoms with Crippen molar-refractivity contribution in [3.8, 4) is 16.3 Å². The monoisotopic (exact) mass is 460 g/mol. The third-order valence-electron chi connectivity index (χ3n) is 4.62. The first kappa shape index (κ1) is 23.1. The number of aromatic nitrogens is 3. The number of halogens is 1. The summed E-state index contributed by atoms with van der Waals surface area (Å²) in [7, 11) is 1.63. The second kappa shape index (κ2) is 9.72. The van der Waals surface area contributed by atoms with Gasteiger partial charge >= 0.3 is 0 Å². The molecule has 0 aliphatic carbocycles. The number of benzene rings is 1. The number of nitrogens with zero attached hydrogens (tertiary/aromatic N) is 3. The fourth-order valence-corrected chi connectivity index (χ4v) is 3.52. The number of methoxy groups -OCH3 is 1. The van der Waals surface area contributed by atoms with E-state index in [2.05, 4.69) is 20.3 Å². The smallest absolute Gasteiger partial charge is 0.251 e. The Bertz CT molecular complexity index is 1050. The SMILES string of the molecule is COC(C)(C)COc1cc(C(=O)NC(C)c2cnc(C)cn2)cc(-c2ncc(Cl)s2)c1. The maximum Gasteiger partial charge on any atom is 0.251 e. The number of hydrogen-bond donors (Lipinski definition) is 1. The van der Waals surface area contributed by atoms with Gasteiger partial charge in [0.1, 0.15) is 21.7 Å². The molecule has 0 saturated heterocycles. The Morgan fingerprint density at radius 1 is 1.19 bits per heavy atom. The molecule has 0 aliphatic heterocycles. The van der Waals surface area contributed by atoms with Gasteiger partial charge in [-0.3, -0.25) is 14.8 Å². The Kier molecular flexibility index (Phi) is 7.25. The van der Waals surface area contributed by atoms with Crippen molar-refractivity contribution in [2.75, 3.05) is 13.7 Å². The Labute approximate surface area is 190 Å². The predicted octanol–water partition coefficient (Wildman–Crippen LogP) is 4.86. The van der Waals surface area contributed by atoms with Crippen LogP contribution in [0.5, 0.6) is 5.75 Å². The summed E-state index contributed by atoms with van der Waals surface area (Å²) in [5.41, 5.74) is 2.22. The molecule has 1 amide bonds. The van der Waals surface area contributed by atoms with Gasteiger partial charge in [-0.15, -0.1) is 11.3 Å². The molecule has 0 radical (unpaired) electrons. The second-order valence-corrected chi connectivity index (χ2v) is 9.41. The highest BCUT2D eigenvalue weighted by atomic mass is 35.5. The lowest BCUT2D eigenvalue weighted by atomic mass is 10.1. The van der Waals surface area contributed by atoms with E-state index in [1.165, 1.54) is 11.3 Å². The number of thiazole rings is 1. The zero-order chi connectivity index (χ0) is 22.6. The van der Waals surface area contributed by atoms with Gasteiger partial charge in [-0.25, -0.2) is 4.98 Å². The average molecular weight is 461 g/mol. The number of nitrogens with one attached hydrogen (secondary N) is 1. The van der Waals surface area contributed by atoms with E-state index in [0.717, 1.165) is 11.3 Å². The number of ether oxygens (including phenoxy) is 2. The molecule has 1 aromatic carbocycles. The lowest BCUT2D eigenvalue weighted by molar-refractivity contribution is -0.0146. The molecule has 0 aliphatic rings. The molecule has 164 valence electrons. The van der Waals surface area contributed by atoms with Crippen molar-refractivity contribution in [3.05, 3.63) is 58.1 Å². The van der Waals surface area contributed by atoms with E-state index in [0.29, 0.717) is 33.0 Å². The van der Waals surface area contributed by atoms with Crippen molar-refractivity contribution in [2.24, 2.45) is 0 Å². The van der Waals surface area contributed by atoms with Gasteiger partial charge in [0.15, 0.2) is 0 Å². The van der Waals surface area contributed by atoms with Crippen LogP contribution in [0.2, 0.25) is 4.34 Å². The van der Waals surface area contributed by atoms with Crippen LogP contribution in [0, 0.1) is 6.92 Å². The van der Waals surface area contributed by atoms with E-state index < -0.39 is 5.60 Å². The van der Waals surface area contributed by atoms with Crippen LogP contribution in [0.1, 0.15) is 48.6 Å². The minimum atomic E-state index is -0.471. The molecule has 31 heavy (non-hydrogen) atoms. The third-order valence-corrected chi connectivity index (χ3v) is 5.79. The van der Waals surface area contributed by atoms with Crippen molar-refractivity contribution in [1.82, 2.24) is 20.3 Å². The van der Waals surface area contributed by atoms with Crippen LogP contribution < -0.4 is 10.1 Å². The minimum absolute atomic E-state index is 0.254. The van der Waals surface area contributed by atoms with Crippen LogP contribution in [0.3, 0.4) is 0 Å². The number of carbonyl (C=O) groups is 1. The molecule has 0 fully saturated rings. The molecular formula is C22H25ClN4O3S. The second-order valence-electron chi connectivity index (χ2n) is 7.75.